The number of carbonyl (C=O) groups excluding carboxylic acids is 2. The number of thiophene rings is 1. The van der Waals surface area contributed by atoms with Gasteiger partial charge in [-0.25, -0.2) is 4.79 Å². The molecule has 0 aromatic carbocycles. The summed E-state index contributed by atoms with van der Waals surface area (Å²) in [7, 11) is 0. The Morgan fingerprint density at radius 3 is 3.07 bits per heavy atom. The van der Waals surface area contributed by atoms with Crippen LogP contribution in [0.1, 0.15) is 29.3 Å². The van der Waals surface area contributed by atoms with Crippen molar-refractivity contribution in [1.82, 2.24) is 4.98 Å². The fraction of sp³-hybridized carbons (Fsp3) is 0.316. The van der Waals surface area contributed by atoms with E-state index in [1.165, 1.54) is 17.4 Å². The van der Waals surface area contributed by atoms with Crippen LogP contribution in [0.15, 0.2) is 30.6 Å². The van der Waals surface area contributed by atoms with Gasteiger partial charge < -0.3 is 20.5 Å². The second kappa shape index (κ2) is 8.68. The number of nitrogens with one attached hydrogen (secondary N) is 1. The van der Waals surface area contributed by atoms with Gasteiger partial charge in [-0.05, 0) is 43.0 Å². The molecule has 1 aliphatic carbocycles. The van der Waals surface area contributed by atoms with Crippen LogP contribution < -0.4 is 11.1 Å². The standard InChI is InChI=1S/C19H21N3O4S/c1-2-25-19(24)26-13-6-7-14-15(10-13)27-18(17(14)20)22-16(23)8-5-12-4-3-9-21-11-12/h3-5,8-9,11,13H,2,6-7,10,20H2,1H3,(H,22,23)/b8-5+. The molecule has 7 nitrogen and oxygen atoms in total. The zero-order chi connectivity index (χ0) is 19.2. The highest BCUT2D eigenvalue weighted by Crippen LogP contribution is 2.40. The maximum Gasteiger partial charge on any atom is 0.508 e. The molecular formula is C19H21N3O4S. The minimum absolute atomic E-state index is 0.233. The average Bonchev–Trinajstić information content (AvgIpc) is 2.96. The molecule has 1 aliphatic rings. The fourth-order valence-electron chi connectivity index (χ4n) is 2.86. The molecule has 0 fully saturated rings. The van der Waals surface area contributed by atoms with Crippen molar-refractivity contribution in [3.05, 3.63) is 46.6 Å². The topological polar surface area (TPSA) is 104 Å². The van der Waals surface area contributed by atoms with Gasteiger partial charge in [-0.3, -0.25) is 9.78 Å². The molecule has 2 heterocycles. The molecule has 1 unspecified atom stereocenters. The summed E-state index contributed by atoms with van der Waals surface area (Å²) >= 11 is 1.42. The average molecular weight is 387 g/mol. The van der Waals surface area contributed by atoms with Crippen LogP contribution in [-0.4, -0.2) is 29.8 Å². The number of anilines is 2. The van der Waals surface area contributed by atoms with Gasteiger partial charge in [-0.1, -0.05) is 6.07 Å². The van der Waals surface area contributed by atoms with Crippen LogP contribution in [-0.2, 0) is 27.1 Å². The van der Waals surface area contributed by atoms with E-state index in [1.54, 1.807) is 31.5 Å². The van der Waals surface area contributed by atoms with Gasteiger partial charge in [-0.2, -0.15) is 0 Å². The summed E-state index contributed by atoms with van der Waals surface area (Å²) in [5, 5.41) is 3.45. The Hall–Kier alpha value is -2.87. The molecular weight excluding hydrogens is 366 g/mol. The highest BCUT2D eigenvalue weighted by molar-refractivity contribution is 7.17. The Bertz CT molecular complexity index is 848. The smallest absolute Gasteiger partial charge is 0.435 e. The predicted octanol–water partition coefficient (Wildman–Crippen LogP) is 3.41. The van der Waals surface area contributed by atoms with E-state index in [9.17, 15) is 9.59 Å². The van der Waals surface area contributed by atoms with Crippen LogP contribution in [0.3, 0.4) is 0 Å². The highest BCUT2D eigenvalue weighted by atomic mass is 32.1. The largest absolute Gasteiger partial charge is 0.508 e. The number of hydrogen-bond acceptors (Lipinski definition) is 7. The lowest BCUT2D eigenvalue weighted by Gasteiger charge is -2.21. The van der Waals surface area contributed by atoms with Crippen molar-refractivity contribution >= 4 is 40.2 Å². The van der Waals surface area contributed by atoms with Gasteiger partial charge in [0.05, 0.1) is 12.3 Å². The molecule has 0 radical (unpaired) electrons. The highest BCUT2D eigenvalue weighted by Gasteiger charge is 2.27. The van der Waals surface area contributed by atoms with E-state index < -0.39 is 6.16 Å². The second-order valence-corrected chi connectivity index (χ2v) is 7.13. The number of amides is 1. The van der Waals surface area contributed by atoms with Crippen molar-refractivity contribution in [2.45, 2.75) is 32.3 Å². The van der Waals surface area contributed by atoms with Crippen molar-refractivity contribution in [1.29, 1.82) is 0 Å². The Balaban J connectivity index is 1.63. The van der Waals surface area contributed by atoms with Crippen molar-refractivity contribution in [3.8, 4) is 0 Å². The third kappa shape index (κ3) is 4.85. The number of aromatic nitrogens is 1. The number of nitrogens with two attached hydrogens (primary N) is 1. The van der Waals surface area contributed by atoms with Gasteiger partial charge in [0.15, 0.2) is 0 Å². The minimum Gasteiger partial charge on any atom is -0.435 e. The molecule has 0 aliphatic heterocycles. The molecule has 2 aromatic rings. The number of fused-ring (bicyclic) bond motifs is 1. The Morgan fingerprint density at radius 2 is 2.33 bits per heavy atom. The summed E-state index contributed by atoms with van der Waals surface area (Å²) in [6, 6.07) is 3.66. The van der Waals surface area contributed by atoms with E-state index in [2.05, 4.69) is 10.3 Å². The van der Waals surface area contributed by atoms with Gasteiger partial charge in [0.1, 0.15) is 11.1 Å². The first-order valence-electron chi connectivity index (χ1n) is 8.69. The number of pyridine rings is 1. The maximum absolute atomic E-state index is 12.2. The van der Waals surface area contributed by atoms with Crippen molar-refractivity contribution in [2.24, 2.45) is 0 Å². The van der Waals surface area contributed by atoms with Crippen LogP contribution in [0.4, 0.5) is 15.5 Å². The number of ether oxygens (including phenoxy) is 2. The molecule has 142 valence electrons. The van der Waals surface area contributed by atoms with Crippen molar-refractivity contribution in [2.75, 3.05) is 17.7 Å². The van der Waals surface area contributed by atoms with E-state index in [-0.39, 0.29) is 18.6 Å². The zero-order valence-electron chi connectivity index (χ0n) is 14.9. The molecule has 8 heteroatoms. The third-order valence-electron chi connectivity index (χ3n) is 4.13. The molecule has 2 aromatic heterocycles. The zero-order valence-corrected chi connectivity index (χ0v) is 15.8. The molecule has 1 atom stereocenters. The molecule has 3 N–H and O–H groups in total. The molecule has 3 rings (SSSR count). The number of rotatable bonds is 5. The lowest BCUT2D eigenvalue weighted by molar-refractivity contribution is -0.111. The first-order valence-corrected chi connectivity index (χ1v) is 9.51. The Morgan fingerprint density at radius 1 is 1.48 bits per heavy atom. The van der Waals surface area contributed by atoms with E-state index in [0.717, 1.165) is 16.0 Å². The number of nitrogens with zero attached hydrogens (tertiary/aromatic N) is 1. The van der Waals surface area contributed by atoms with Gasteiger partial charge in [-0.15, -0.1) is 11.3 Å². The van der Waals surface area contributed by atoms with Crippen LogP contribution in [0, 0.1) is 0 Å². The molecule has 0 saturated carbocycles. The maximum atomic E-state index is 12.2. The molecule has 27 heavy (non-hydrogen) atoms. The number of nitrogen functional groups attached to an aromatic ring is 1. The first-order chi connectivity index (χ1) is 13.1. The lowest BCUT2D eigenvalue weighted by Crippen LogP contribution is -2.25. The summed E-state index contributed by atoms with van der Waals surface area (Å²) < 4.78 is 10.1. The van der Waals surface area contributed by atoms with Gasteiger partial charge >= 0.3 is 6.16 Å². The van der Waals surface area contributed by atoms with E-state index in [0.29, 0.717) is 30.0 Å². The van der Waals surface area contributed by atoms with Crippen LogP contribution in [0.2, 0.25) is 0 Å². The molecule has 0 saturated heterocycles. The summed E-state index contributed by atoms with van der Waals surface area (Å²) in [4.78, 5) is 28.7. The third-order valence-corrected chi connectivity index (χ3v) is 5.32. The van der Waals surface area contributed by atoms with Crippen LogP contribution >= 0.6 is 11.3 Å². The van der Waals surface area contributed by atoms with E-state index in [4.69, 9.17) is 15.2 Å². The van der Waals surface area contributed by atoms with Gasteiger partial charge in [0, 0.05) is 29.8 Å². The normalized spacial score (nSPS) is 16.0. The summed E-state index contributed by atoms with van der Waals surface area (Å²) in [5.41, 5.74) is 8.66. The summed E-state index contributed by atoms with van der Waals surface area (Å²) in [5.74, 6) is -0.261. The first kappa shape index (κ1) is 18.9. The number of carbonyl (C=O) groups is 2. The van der Waals surface area contributed by atoms with Gasteiger partial charge in [0.25, 0.3) is 0 Å². The summed E-state index contributed by atoms with van der Waals surface area (Å²) in [6.45, 7) is 2.02. The SMILES string of the molecule is CCOC(=O)OC1CCc2c(sc(NC(=O)/C=C/c3cccnc3)c2N)C1. The van der Waals surface area contributed by atoms with E-state index in [1.807, 2.05) is 6.07 Å². The molecule has 1 amide bonds. The summed E-state index contributed by atoms with van der Waals surface area (Å²) in [6.07, 6.45) is 7.55. The van der Waals surface area contributed by atoms with Crippen LogP contribution in [0.25, 0.3) is 6.08 Å². The van der Waals surface area contributed by atoms with E-state index >= 15 is 0 Å². The Kier molecular flexibility index (Phi) is 6.08. The molecule has 0 spiro atoms. The van der Waals surface area contributed by atoms with Crippen LogP contribution in [0.5, 0.6) is 0 Å². The number of hydrogen-bond donors (Lipinski definition) is 2. The molecule has 0 bridgehead atoms. The second-order valence-electron chi connectivity index (χ2n) is 6.02. The minimum atomic E-state index is -0.649. The quantitative estimate of drug-likeness (QED) is 0.602. The van der Waals surface area contributed by atoms with Crippen molar-refractivity contribution in [3.63, 3.8) is 0 Å². The van der Waals surface area contributed by atoms with Gasteiger partial charge in [0.2, 0.25) is 5.91 Å². The monoisotopic (exact) mass is 387 g/mol. The van der Waals surface area contributed by atoms with Crippen molar-refractivity contribution < 1.29 is 19.1 Å². The fourth-order valence-corrected chi connectivity index (χ4v) is 4.10. The Labute approximate surface area is 161 Å². The predicted molar refractivity (Wildman–Crippen MR) is 105 cm³/mol. The lowest BCUT2D eigenvalue weighted by atomic mass is 9.95.